The Labute approximate surface area is 50.7 Å². The number of hydrogen-bond acceptors (Lipinski definition) is 1. The number of hydrogen-bond donors (Lipinski definition) is 1. The van der Waals surface area contributed by atoms with Crippen LogP contribution in [-0.2, 0) is 0 Å². The van der Waals surface area contributed by atoms with Crippen molar-refractivity contribution in [3.8, 4) is 0 Å². The lowest BCUT2D eigenvalue weighted by molar-refractivity contribution is 0.246. The fraction of sp³-hybridized carbons (Fsp3) is 1.00. The molecule has 0 heterocycles. The molecule has 1 rings (SSSR count). The van der Waals surface area contributed by atoms with Crippen LogP contribution in [0, 0.1) is 5.41 Å². The summed E-state index contributed by atoms with van der Waals surface area (Å²) in [4.78, 5) is 0. The molecule has 1 N–H and O–H groups in total. The summed E-state index contributed by atoms with van der Waals surface area (Å²) in [5.74, 6) is 0. The van der Waals surface area contributed by atoms with E-state index in [1.165, 1.54) is 19.3 Å². The van der Waals surface area contributed by atoms with E-state index in [-0.39, 0.29) is 0 Å². The molecule has 0 aromatic rings. The highest BCUT2D eigenvalue weighted by molar-refractivity contribution is 4.90. The zero-order valence-electron chi connectivity index (χ0n) is 5.48. The maximum absolute atomic E-state index is 8.57. The van der Waals surface area contributed by atoms with Gasteiger partial charge in [0.25, 0.3) is 0 Å². The molecule has 0 aromatic heterocycles. The fourth-order valence-electron chi connectivity index (χ4n) is 1.19. The van der Waals surface area contributed by atoms with Gasteiger partial charge in [0, 0.05) is 6.61 Å². The summed E-state index contributed by atoms with van der Waals surface area (Å²) < 4.78 is 0. The van der Waals surface area contributed by atoms with Crippen LogP contribution in [0.2, 0.25) is 0 Å². The van der Waals surface area contributed by atoms with Crippen LogP contribution in [0.25, 0.3) is 0 Å². The van der Waals surface area contributed by atoms with Crippen LogP contribution in [-0.4, -0.2) is 11.7 Å². The second-order valence-corrected chi connectivity index (χ2v) is 2.83. The third kappa shape index (κ3) is 1.03. The Morgan fingerprint density at radius 2 is 2.12 bits per heavy atom. The molecule has 0 saturated heterocycles. The van der Waals surface area contributed by atoms with Gasteiger partial charge in [-0.2, -0.15) is 0 Å². The smallest absolute Gasteiger partial charge is 0.0436 e. The lowest BCUT2D eigenvalue weighted by Gasteiger charge is -2.07. The quantitative estimate of drug-likeness (QED) is 0.590. The van der Waals surface area contributed by atoms with E-state index in [0.29, 0.717) is 12.0 Å². The molecule has 0 amide bonds. The van der Waals surface area contributed by atoms with Gasteiger partial charge in [0.15, 0.2) is 0 Å². The molecule has 0 atom stereocenters. The van der Waals surface area contributed by atoms with E-state index in [1.54, 1.807) is 0 Å². The minimum absolute atomic E-state index is 0.383. The molecular weight excluding hydrogens is 100 g/mol. The summed E-state index contributed by atoms with van der Waals surface area (Å²) in [5.41, 5.74) is 0.592. The summed E-state index contributed by atoms with van der Waals surface area (Å²) in [7, 11) is 0. The van der Waals surface area contributed by atoms with Crippen LogP contribution in [0.5, 0.6) is 0 Å². The van der Waals surface area contributed by atoms with Gasteiger partial charge in [0.2, 0.25) is 0 Å². The van der Waals surface area contributed by atoms with Gasteiger partial charge in [-0.05, 0) is 24.7 Å². The van der Waals surface area contributed by atoms with E-state index in [4.69, 9.17) is 5.11 Å². The highest BCUT2D eigenvalue weighted by Gasteiger charge is 2.39. The van der Waals surface area contributed by atoms with Crippen LogP contribution < -0.4 is 0 Å². The normalized spacial score (nSPS) is 23.2. The van der Waals surface area contributed by atoms with Gasteiger partial charge in [-0.3, -0.25) is 0 Å². The van der Waals surface area contributed by atoms with E-state index in [1.807, 2.05) is 0 Å². The third-order valence-corrected chi connectivity index (χ3v) is 2.35. The molecule has 1 aliphatic carbocycles. The molecule has 1 fully saturated rings. The highest BCUT2D eigenvalue weighted by atomic mass is 16.3. The monoisotopic (exact) mass is 114 g/mol. The molecule has 0 aromatic carbocycles. The van der Waals surface area contributed by atoms with Gasteiger partial charge in [-0.1, -0.05) is 13.3 Å². The molecule has 1 nitrogen and oxygen atoms in total. The maximum atomic E-state index is 8.57. The molecule has 1 aliphatic rings. The van der Waals surface area contributed by atoms with Crippen molar-refractivity contribution >= 4 is 0 Å². The van der Waals surface area contributed by atoms with Crippen LogP contribution in [0.15, 0.2) is 0 Å². The first-order valence-corrected chi connectivity index (χ1v) is 3.44. The zero-order chi connectivity index (χ0) is 6.04. The first kappa shape index (κ1) is 6.09. The Kier molecular flexibility index (Phi) is 1.57. The van der Waals surface area contributed by atoms with Crippen molar-refractivity contribution in [2.75, 3.05) is 6.61 Å². The Morgan fingerprint density at radius 3 is 2.25 bits per heavy atom. The van der Waals surface area contributed by atoms with Gasteiger partial charge in [0.1, 0.15) is 0 Å². The van der Waals surface area contributed by atoms with Gasteiger partial charge in [-0.15, -0.1) is 0 Å². The molecule has 1 heteroatoms. The Morgan fingerprint density at radius 1 is 1.50 bits per heavy atom. The third-order valence-electron chi connectivity index (χ3n) is 2.35. The highest BCUT2D eigenvalue weighted by Crippen LogP contribution is 2.51. The van der Waals surface area contributed by atoms with Crippen molar-refractivity contribution in [2.24, 2.45) is 5.41 Å². The topological polar surface area (TPSA) is 20.2 Å². The van der Waals surface area contributed by atoms with E-state index in [9.17, 15) is 0 Å². The molecule has 0 aliphatic heterocycles. The van der Waals surface area contributed by atoms with Crippen LogP contribution >= 0.6 is 0 Å². The van der Waals surface area contributed by atoms with E-state index >= 15 is 0 Å². The maximum Gasteiger partial charge on any atom is 0.0436 e. The minimum Gasteiger partial charge on any atom is -0.396 e. The number of rotatable bonds is 3. The average molecular weight is 114 g/mol. The summed E-state index contributed by atoms with van der Waals surface area (Å²) in [5, 5.41) is 8.57. The molecule has 8 heavy (non-hydrogen) atoms. The van der Waals surface area contributed by atoms with Gasteiger partial charge in [-0.25, -0.2) is 0 Å². The predicted octanol–water partition coefficient (Wildman–Crippen LogP) is 1.56. The predicted molar refractivity (Wildman–Crippen MR) is 33.7 cm³/mol. The van der Waals surface area contributed by atoms with Crippen molar-refractivity contribution in [3.05, 3.63) is 0 Å². The first-order chi connectivity index (χ1) is 3.83. The fourth-order valence-corrected chi connectivity index (χ4v) is 1.19. The minimum atomic E-state index is 0.383. The number of aliphatic hydroxyl groups excluding tert-OH is 1. The van der Waals surface area contributed by atoms with Gasteiger partial charge in [0.05, 0.1) is 0 Å². The van der Waals surface area contributed by atoms with Crippen LogP contribution in [0.1, 0.15) is 32.6 Å². The van der Waals surface area contributed by atoms with Crippen molar-refractivity contribution in [1.29, 1.82) is 0 Å². The molecule has 1 saturated carbocycles. The zero-order valence-corrected chi connectivity index (χ0v) is 5.48. The summed E-state index contributed by atoms with van der Waals surface area (Å²) >= 11 is 0. The first-order valence-electron chi connectivity index (χ1n) is 3.44. The molecule has 0 unspecified atom stereocenters. The van der Waals surface area contributed by atoms with Crippen molar-refractivity contribution in [1.82, 2.24) is 0 Å². The molecule has 0 bridgehead atoms. The van der Waals surface area contributed by atoms with Gasteiger partial charge >= 0.3 is 0 Å². The summed E-state index contributed by atoms with van der Waals surface area (Å²) in [6.45, 7) is 2.59. The molecule has 0 spiro atoms. The lowest BCUT2D eigenvalue weighted by Crippen LogP contribution is -2.00. The SMILES string of the molecule is CCC1(CCO)CC1. The summed E-state index contributed by atoms with van der Waals surface area (Å²) in [6.07, 6.45) is 4.99. The van der Waals surface area contributed by atoms with E-state index in [0.717, 1.165) is 6.42 Å². The van der Waals surface area contributed by atoms with Gasteiger partial charge < -0.3 is 5.11 Å². The molecule has 0 radical (unpaired) electrons. The summed E-state index contributed by atoms with van der Waals surface area (Å²) in [6, 6.07) is 0. The second kappa shape index (κ2) is 2.06. The van der Waals surface area contributed by atoms with Crippen molar-refractivity contribution in [2.45, 2.75) is 32.6 Å². The molecular formula is C7H14O. The van der Waals surface area contributed by atoms with Crippen LogP contribution in [0.4, 0.5) is 0 Å². The Hall–Kier alpha value is -0.0400. The van der Waals surface area contributed by atoms with Crippen molar-refractivity contribution < 1.29 is 5.11 Å². The van der Waals surface area contributed by atoms with Crippen molar-refractivity contribution in [3.63, 3.8) is 0 Å². The van der Waals surface area contributed by atoms with Crippen LogP contribution in [0.3, 0.4) is 0 Å². The van der Waals surface area contributed by atoms with E-state index < -0.39 is 0 Å². The van der Waals surface area contributed by atoms with E-state index in [2.05, 4.69) is 6.92 Å². The second-order valence-electron chi connectivity index (χ2n) is 2.83. The average Bonchev–Trinajstić information content (AvgIpc) is 2.50. The largest absolute Gasteiger partial charge is 0.396 e. The molecule has 48 valence electrons. The lowest BCUT2D eigenvalue weighted by atomic mass is 10.0. The Bertz CT molecular complexity index is 74.5. The standard InChI is InChI=1S/C7H14O/c1-2-7(3-4-7)5-6-8/h8H,2-6H2,1H3. The Balaban J connectivity index is 2.20. The number of aliphatic hydroxyl groups is 1.